The van der Waals surface area contributed by atoms with Crippen LogP contribution >= 0.6 is 24.6 Å². The van der Waals surface area contributed by atoms with Crippen molar-refractivity contribution in [3.63, 3.8) is 0 Å². The van der Waals surface area contributed by atoms with Crippen LogP contribution in [0.25, 0.3) is 0 Å². The van der Waals surface area contributed by atoms with Gasteiger partial charge in [0.1, 0.15) is 12.1 Å². The molecule has 0 heterocycles. The molecule has 0 bridgehead atoms. The lowest BCUT2D eigenvalue weighted by Crippen LogP contribution is -2.42. The Kier molecular flexibility index (Phi) is 9.59. The zero-order chi connectivity index (χ0) is 15.7. The lowest BCUT2D eigenvalue weighted by atomic mass is 10.0. The number of Topliss-reactive ketones (excluding diaryl/α,β-unsaturated/α-hetero) is 1. The maximum Gasteiger partial charge on any atom is 0.322 e. The van der Waals surface area contributed by atoms with Gasteiger partial charge in [-0.2, -0.15) is 12.6 Å². The van der Waals surface area contributed by atoms with E-state index in [1.807, 2.05) is 0 Å². The first-order valence-electron chi connectivity index (χ1n) is 5.68. The van der Waals surface area contributed by atoms with Gasteiger partial charge >= 0.3 is 11.9 Å². The summed E-state index contributed by atoms with van der Waals surface area (Å²) in [4.78, 5) is 32.6. The molecule has 6 N–H and O–H groups in total. The summed E-state index contributed by atoms with van der Waals surface area (Å²) >= 11 is 4.66. The maximum atomic E-state index is 11.6. The third-order valence-electron chi connectivity index (χ3n) is 2.35. The van der Waals surface area contributed by atoms with E-state index in [9.17, 15) is 19.5 Å². The summed E-state index contributed by atoms with van der Waals surface area (Å²) in [6.45, 7) is 0. The van der Waals surface area contributed by atoms with Gasteiger partial charge in [0.2, 0.25) is 0 Å². The Balaban J connectivity index is 4.07. The number of rotatable bonds is 11. The first-order valence-corrected chi connectivity index (χ1v) is 7.30. The van der Waals surface area contributed by atoms with Crippen molar-refractivity contribution in [1.82, 2.24) is 4.72 Å². The lowest BCUT2D eigenvalue weighted by Gasteiger charge is -2.17. The van der Waals surface area contributed by atoms with Gasteiger partial charge in [0.05, 0.1) is 5.75 Å². The number of carboxylic acid groups (broad SMARTS) is 2. The third-order valence-corrected chi connectivity index (χ3v) is 3.59. The minimum Gasteiger partial charge on any atom is -0.481 e. The zero-order valence-corrected chi connectivity index (χ0v) is 12.3. The minimum absolute atomic E-state index is 0.0191. The van der Waals surface area contributed by atoms with Crippen molar-refractivity contribution in [2.75, 3.05) is 11.5 Å². The third kappa shape index (κ3) is 7.70. The highest BCUT2D eigenvalue weighted by Crippen LogP contribution is 2.06. The van der Waals surface area contributed by atoms with Gasteiger partial charge in [0.15, 0.2) is 5.78 Å². The average molecular weight is 326 g/mol. The van der Waals surface area contributed by atoms with Crippen molar-refractivity contribution < 1.29 is 29.7 Å². The molecule has 8 nitrogen and oxygen atoms in total. The van der Waals surface area contributed by atoms with Crippen LogP contribution in [0.1, 0.15) is 12.8 Å². The quantitative estimate of drug-likeness (QED) is 0.202. The second kappa shape index (κ2) is 10.00. The molecule has 0 saturated carbocycles. The smallest absolute Gasteiger partial charge is 0.322 e. The van der Waals surface area contributed by atoms with Crippen molar-refractivity contribution in [3.05, 3.63) is 0 Å². The van der Waals surface area contributed by atoms with Gasteiger partial charge in [-0.25, -0.2) is 4.72 Å². The second-order valence-corrected chi connectivity index (χ2v) is 5.17. The number of carbonyl (C=O) groups is 3. The Morgan fingerprint density at radius 1 is 1.30 bits per heavy atom. The first-order chi connectivity index (χ1) is 9.29. The van der Waals surface area contributed by atoms with Crippen LogP contribution in [0.3, 0.4) is 0 Å². The van der Waals surface area contributed by atoms with Gasteiger partial charge in [-0.05, 0) is 6.42 Å². The molecule has 3 atom stereocenters. The number of ketones is 1. The topological polar surface area (TPSA) is 150 Å². The van der Waals surface area contributed by atoms with Crippen LogP contribution in [-0.2, 0) is 14.4 Å². The van der Waals surface area contributed by atoms with Crippen molar-refractivity contribution in [2.45, 2.75) is 31.0 Å². The van der Waals surface area contributed by atoms with E-state index in [4.69, 9.17) is 15.9 Å². The fourth-order valence-corrected chi connectivity index (χ4v) is 2.30. The Morgan fingerprint density at radius 3 is 2.35 bits per heavy atom. The molecule has 0 aliphatic heterocycles. The van der Waals surface area contributed by atoms with E-state index in [0.29, 0.717) is 0 Å². The highest BCUT2D eigenvalue weighted by molar-refractivity contribution is 7.98. The summed E-state index contributed by atoms with van der Waals surface area (Å²) in [6, 6.07) is -1.87. The Morgan fingerprint density at radius 2 is 1.90 bits per heavy atom. The number of nitrogens with two attached hydrogens (primary N) is 1. The summed E-state index contributed by atoms with van der Waals surface area (Å²) in [6.07, 6.45) is -1.73. The molecule has 0 amide bonds. The van der Waals surface area contributed by atoms with E-state index in [0.717, 1.165) is 11.9 Å². The second-order valence-electron chi connectivity index (χ2n) is 3.99. The van der Waals surface area contributed by atoms with E-state index < -0.39 is 35.9 Å². The molecular formula is C10H18N2O6S2. The number of aliphatic hydroxyl groups is 1. The highest BCUT2D eigenvalue weighted by atomic mass is 32.2. The van der Waals surface area contributed by atoms with Gasteiger partial charge in [-0.15, -0.1) is 0 Å². The number of nitrogens with one attached hydrogen (secondary N) is 1. The number of hydrogen-bond donors (Lipinski definition) is 6. The predicted octanol–water partition coefficient (Wildman–Crippen LogP) is -1.27. The van der Waals surface area contributed by atoms with E-state index in [1.54, 1.807) is 0 Å². The summed E-state index contributed by atoms with van der Waals surface area (Å²) in [5.41, 5.74) is 5.50. The average Bonchev–Trinajstić information content (AvgIpc) is 2.39. The number of carboxylic acids is 2. The largest absolute Gasteiger partial charge is 0.481 e. The van der Waals surface area contributed by atoms with Crippen LogP contribution in [0.15, 0.2) is 0 Å². The molecule has 116 valence electrons. The molecule has 0 radical (unpaired) electrons. The normalized spacial score (nSPS) is 15.3. The number of hydrogen-bond acceptors (Lipinski definition) is 8. The molecule has 0 rings (SSSR count). The number of carbonyl (C=O) groups excluding carboxylic acids is 1. The minimum atomic E-state index is -1.47. The standard InChI is InChI=1S/C10H18N2O6S2/c11-5(1-2-8(14)15)9(16)7(13)4-20-12-6(3-19)10(17)18/h5-6,9,12,16,19H,1-4,11H2,(H,14,15)(H,17,18)/t5-,6-,9?/m0/s1. The first kappa shape index (κ1) is 19.2. The SMILES string of the molecule is N[C@@H](CCC(=O)O)C(O)C(=O)CSN[C@@H](CS)C(=O)O. The van der Waals surface area contributed by atoms with Gasteiger partial charge in [-0.1, -0.05) is 11.9 Å². The molecule has 0 aliphatic carbocycles. The summed E-state index contributed by atoms with van der Waals surface area (Å²) in [7, 11) is 0. The summed E-state index contributed by atoms with van der Waals surface area (Å²) in [5, 5.41) is 26.8. The van der Waals surface area contributed by atoms with E-state index in [-0.39, 0.29) is 24.3 Å². The Labute approximate surface area is 125 Å². The van der Waals surface area contributed by atoms with Crippen LogP contribution in [0.5, 0.6) is 0 Å². The summed E-state index contributed by atoms with van der Waals surface area (Å²) in [5.74, 6) is -2.88. The van der Waals surface area contributed by atoms with Crippen LogP contribution in [0.2, 0.25) is 0 Å². The predicted molar refractivity (Wildman–Crippen MR) is 76.7 cm³/mol. The van der Waals surface area contributed by atoms with Gasteiger partial charge in [0, 0.05) is 18.2 Å². The Hall–Kier alpha value is -0.810. The van der Waals surface area contributed by atoms with Crippen LogP contribution in [0.4, 0.5) is 0 Å². The molecule has 0 aromatic rings. The molecule has 0 spiro atoms. The van der Waals surface area contributed by atoms with E-state index in [1.165, 1.54) is 0 Å². The zero-order valence-electron chi connectivity index (χ0n) is 10.6. The lowest BCUT2D eigenvalue weighted by molar-refractivity contribution is -0.138. The molecular weight excluding hydrogens is 308 g/mol. The molecule has 0 aliphatic rings. The molecule has 0 aromatic heterocycles. The maximum absolute atomic E-state index is 11.6. The fraction of sp³-hybridized carbons (Fsp3) is 0.700. The highest BCUT2D eigenvalue weighted by Gasteiger charge is 2.24. The van der Waals surface area contributed by atoms with E-state index >= 15 is 0 Å². The number of aliphatic hydroxyl groups excluding tert-OH is 1. The summed E-state index contributed by atoms with van der Waals surface area (Å²) < 4.78 is 2.52. The molecule has 20 heavy (non-hydrogen) atoms. The molecule has 1 unspecified atom stereocenters. The van der Waals surface area contributed by atoms with Gasteiger partial charge in [0.25, 0.3) is 0 Å². The van der Waals surface area contributed by atoms with Crippen LogP contribution in [0, 0.1) is 0 Å². The van der Waals surface area contributed by atoms with E-state index in [2.05, 4.69) is 17.4 Å². The molecule has 0 saturated heterocycles. The van der Waals surface area contributed by atoms with Crippen molar-refractivity contribution in [3.8, 4) is 0 Å². The van der Waals surface area contributed by atoms with Crippen molar-refractivity contribution >= 4 is 42.3 Å². The number of aliphatic carboxylic acids is 2. The van der Waals surface area contributed by atoms with Crippen LogP contribution < -0.4 is 10.5 Å². The van der Waals surface area contributed by atoms with Crippen molar-refractivity contribution in [1.29, 1.82) is 0 Å². The molecule has 0 aromatic carbocycles. The van der Waals surface area contributed by atoms with Crippen LogP contribution in [-0.4, -0.2) is 62.7 Å². The fourth-order valence-electron chi connectivity index (χ4n) is 1.15. The molecule has 0 fully saturated rings. The van der Waals surface area contributed by atoms with Crippen molar-refractivity contribution in [2.24, 2.45) is 5.73 Å². The number of thiol groups is 1. The molecule has 10 heteroatoms. The Bertz CT molecular complexity index is 355. The van der Waals surface area contributed by atoms with Gasteiger partial charge in [-0.3, -0.25) is 14.4 Å². The monoisotopic (exact) mass is 326 g/mol. The van der Waals surface area contributed by atoms with Gasteiger partial charge < -0.3 is 21.1 Å².